The van der Waals surface area contributed by atoms with E-state index < -0.39 is 10.0 Å². The van der Waals surface area contributed by atoms with Crippen molar-refractivity contribution in [1.29, 1.82) is 0 Å². The summed E-state index contributed by atoms with van der Waals surface area (Å²) in [6.07, 6.45) is 3.40. The molecule has 2 rings (SSSR count). The van der Waals surface area contributed by atoms with Crippen LogP contribution < -0.4 is 15.8 Å². The molecule has 0 aliphatic carbocycles. The molecule has 1 saturated heterocycles. The molecule has 0 bridgehead atoms. The van der Waals surface area contributed by atoms with Gasteiger partial charge >= 0.3 is 0 Å². The van der Waals surface area contributed by atoms with Crippen molar-refractivity contribution in [2.75, 3.05) is 44.2 Å². The molecule has 21 heavy (non-hydrogen) atoms. The van der Waals surface area contributed by atoms with Crippen LogP contribution in [0.15, 0.2) is 23.2 Å². The second kappa shape index (κ2) is 7.17. The number of hydrogen-bond donors (Lipinski definition) is 2. The van der Waals surface area contributed by atoms with Crippen molar-refractivity contribution < 1.29 is 8.42 Å². The first-order valence-electron chi connectivity index (χ1n) is 7.17. The third-order valence-corrected chi connectivity index (χ3v) is 4.54. The van der Waals surface area contributed by atoms with E-state index in [1.54, 1.807) is 6.07 Å². The Morgan fingerprint density at radius 1 is 1.19 bits per heavy atom. The van der Waals surface area contributed by atoms with Crippen LogP contribution in [0.3, 0.4) is 0 Å². The number of nitrogens with zero attached hydrogens (tertiary/aromatic N) is 3. The van der Waals surface area contributed by atoms with E-state index in [1.807, 2.05) is 0 Å². The van der Waals surface area contributed by atoms with Crippen LogP contribution >= 0.6 is 0 Å². The van der Waals surface area contributed by atoms with E-state index in [4.69, 9.17) is 10.9 Å². The Kier molecular flexibility index (Phi) is 5.51. The van der Waals surface area contributed by atoms with Crippen molar-refractivity contribution >= 4 is 15.8 Å². The largest absolute Gasteiger partial charge is 0.355 e. The fraction of sp³-hybridized carbons (Fsp3) is 0.615. The summed E-state index contributed by atoms with van der Waals surface area (Å²) in [5.74, 6) is 0.795. The van der Waals surface area contributed by atoms with E-state index >= 15 is 0 Å². The molecule has 0 radical (unpaired) electrons. The van der Waals surface area contributed by atoms with Gasteiger partial charge in [-0.15, -0.1) is 0 Å². The lowest BCUT2D eigenvalue weighted by Gasteiger charge is -2.22. The summed E-state index contributed by atoms with van der Waals surface area (Å²) < 4.78 is 22.5. The third-order valence-electron chi connectivity index (χ3n) is 3.64. The Morgan fingerprint density at radius 2 is 2.00 bits per heavy atom. The summed E-state index contributed by atoms with van der Waals surface area (Å²) in [7, 11) is -3.68. The van der Waals surface area contributed by atoms with Gasteiger partial charge in [0, 0.05) is 25.8 Å². The SMILES string of the molecule is NCCCN1CCCN(c2ccc(S(N)(=O)=O)cn2)CC1. The molecule has 7 nitrogen and oxygen atoms in total. The molecule has 1 fully saturated rings. The van der Waals surface area contributed by atoms with Gasteiger partial charge in [0.2, 0.25) is 10.0 Å². The first-order chi connectivity index (χ1) is 10.0. The standard InChI is InChI=1S/C13H23N5O2S/c14-5-1-6-17-7-2-8-18(10-9-17)13-4-3-12(11-16-13)21(15,19)20/h3-4,11H,1-2,5-10,14H2,(H2,15,19,20). The molecular formula is C13H23N5O2S. The van der Waals surface area contributed by atoms with E-state index in [9.17, 15) is 8.42 Å². The fourth-order valence-electron chi connectivity index (χ4n) is 2.47. The molecule has 0 aromatic carbocycles. The first-order valence-corrected chi connectivity index (χ1v) is 8.71. The van der Waals surface area contributed by atoms with Gasteiger partial charge in [-0.1, -0.05) is 0 Å². The van der Waals surface area contributed by atoms with Crippen LogP contribution in [0.5, 0.6) is 0 Å². The lowest BCUT2D eigenvalue weighted by atomic mass is 10.3. The lowest BCUT2D eigenvalue weighted by Crippen LogP contribution is -2.32. The van der Waals surface area contributed by atoms with E-state index in [0.29, 0.717) is 0 Å². The van der Waals surface area contributed by atoms with Gasteiger partial charge in [0.1, 0.15) is 10.7 Å². The van der Waals surface area contributed by atoms with Crippen LogP contribution in [0.4, 0.5) is 5.82 Å². The van der Waals surface area contributed by atoms with Crippen molar-refractivity contribution in [3.05, 3.63) is 18.3 Å². The van der Waals surface area contributed by atoms with E-state index in [1.165, 1.54) is 12.3 Å². The molecule has 1 aliphatic rings. The van der Waals surface area contributed by atoms with Gasteiger partial charge in [0.15, 0.2) is 0 Å². The topological polar surface area (TPSA) is 106 Å². The molecule has 8 heteroatoms. The number of nitrogens with two attached hydrogens (primary N) is 2. The minimum absolute atomic E-state index is 0.0469. The molecule has 0 unspecified atom stereocenters. The van der Waals surface area contributed by atoms with Crippen molar-refractivity contribution in [2.24, 2.45) is 10.9 Å². The van der Waals surface area contributed by atoms with Gasteiger partial charge in [-0.05, 0) is 44.6 Å². The summed E-state index contributed by atoms with van der Waals surface area (Å²) in [5.41, 5.74) is 5.55. The number of primary sulfonamides is 1. The van der Waals surface area contributed by atoms with E-state index in [-0.39, 0.29) is 4.90 Å². The molecule has 0 spiro atoms. The van der Waals surface area contributed by atoms with Gasteiger partial charge in [-0.25, -0.2) is 18.5 Å². The van der Waals surface area contributed by atoms with Gasteiger partial charge < -0.3 is 15.5 Å². The highest BCUT2D eigenvalue weighted by atomic mass is 32.2. The number of hydrogen-bond acceptors (Lipinski definition) is 6. The Morgan fingerprint density at radius 3 is 2.62 bits per heavy atom. The van der Waals surface area contributed by atoms with Crippen molar-refractivity contribution in [1.82, 2.24) is 9.88 Å². The minimum atomic E-state index is -3.68. The van der Waals surface area contributed by atoms with Gasteiger partial charge in [0.05, 0.1) is 0 Å². The molecule has 2 heterocycles. The normalized spacial score (nSPS) is 17.7. The quantitative estimate of drug-likeness (QED) is 0.765. The number of aromatic nitrogens is 1. The highest BCUT2D eigenvalue weighted by molar-refractivity contribution is 7.89. The number of anilines is 1. The Labute approximate surface area is 126 Å². The highest BCUT2D eigenvalue weighted by Crippen LogP contribution is 2.15. The molecule has 1 aliphatic heterocycles. The molecule has 0 atom stereocenters. The van der Waals surface area contributed by atoms with E-state index in [0.717, 1.165) is 57.9 Å². The van der Waals surface area contributed by atoms with Crippen LogP contribution in [0.1, 0.15) is 12.8 Å². The zero-order chi connectivity index (χ0) is 15.3. The van der Waals surface area contributed by atoms with Crippen molar-refractivity contribution in [2.45, 2.75) is 17.7 Å². The molecule has 0 saturated carbocycles. The summed E-state index contributed by atoms with van der Waals surface area (Å²) in [6, 6.07) is 3.23. The van der Waals surface area contributed by atoms with Crippen LogP contribution in [-0.2, 0) is 10.0 Å². The van der Waals surface area contributed by atoms with Crippen LogP contribution in [0, 0.1) is 0 Å². The van der Waals surface area contributed by atoms with Gasteiger partial charge in [0.25, 0.3) is 0 Å². The first kappa shape index (κ1) is 16.2. The fourth-order valence-corrected chi connectivity index (χ4v) is 2.92. The molecule has 0 amide bonds. The lowest BCUT2D eigenvalue weighted by molar-refractivity contribution is 0.291. The molecular weight excluding hydrogens is 290 g/mol. The number of pyridine rings is 1. The maximum absolute atomic E-state index is 11.2. The second-order valence-electron chi connectivity index (χ2n) is 5.22. The average Bonchev–Trinajstić information content (AvgIpc) is 2.70. The molecule has 1 aromatic rings. The van der Waals surface area contributed by atoms with Crippen LogP contribution in [0.2, 0.25) is 0 Å². The predicted octanol–water partition coefficient (Wildman–Crippen LogP) is -0.410. The Bertz CT molecular complexity index is 546. The van der Waals surface area contributed by atoms with Gasteiger partial charge in [-0.3, -0.25) is 0 Å². The maximum atomic E-state index is 11.2. The minimum Gasteiger partial charge on any atom is -0.355 e. The molecule has 1 aromatic heterocycles. The van der Waals surface area contributed by atoms with Crippen molar-refractivity contribution in [3.8, 4) is 0 Å². The summed E-state index contributed by atoms with van der Waals surface area (Å²) in [5, 5.41) is 5.08. The zero-order valence-corrected chi connectivity index (χ0v) is 12.9. The maximum Gasteiger partial charge on any atom is 0.239 e. The third kappa shape index (κ3) is 4.63. The molecule has 118 valence electrons. The zero-order valence-electron chi connectivity index (χ0n) is 12.1. The number of rotatable bonds is 5. The second-order valence-corrected chi connectivity index (χ2v) is 6.78. The van der Waals surface area contributed by atoms with Crippen LogP contribution in [0.25, 0.3) is 0 Å². The van der Waals surface area contributed by atoms with E-state index in [2.05, 4.69) is 14.8 Å². The summed E-state index contributed by atoms with van der Waals surface area (Å²) in [4.78, 5) is 8.86. The highest BCUT2D eigenvalue weighted by Gasteiger charge is 2.16. The van der Waals surface area contributed by atoms with Crippen molar-refractivity contribution in [3.63, 3.8) is 0 Å². The average molecular weight is 313 g/mol. The molecule has 4 N–H and O–H groups in total. The summed E-state index contributed by atoms with van der Waals surface area (Å²) >= 11 is 0. The predicted molar refractivity (Wildman–Crippen MR) is 82.6 cm³/mol. The smallest absolute Gasteiger partial charge is 0.239 e. The Hall–Kier alpha value is -1.22. The Balaban J connectivity index is 1.99. The summed E-state index contributed by atoms with van der Waals surface area (Å²) in [6.45, 7) is 5.58. The number of sulfonamides is 1. The van der Waals surface area contributed by atoms with Gasteiger partial charge in [-0.2, -0.15) is 0 Å². The van der Waals surface area contributed by atoms with Crippen LogP contribution in [-0.4, -0.2) is 57.6 Å². The monoisotopic (exact) mass is 313 g/mol.